The minimum Gasteiger partial charge on any atom is -0.381 e. The topological polar surface area (TPSA) is 60.7 Å². The van der Waals surface area contributed by atoms with E-state index in [4.69, 9.17) is 16.9 Å². The molecule has 1 unspecified atom stereocenters. The largest absolute Gasteiger partial charge is 0.381 e. The first kappa shape index (κ1) is 21.7. The maximum atomic E-state index is 8.83. The van der Waals surface area contributed by atoms with Crippen molar-refractivity contribution >= 4 is 28.2 Å². The molecule has 2 aromatic carbocycles. The van der Waals surface area contributed by atoms with Gasteiger partial charge < -0.3 is 10.6 Å². The molecule has 4 nitrogen and oxygen atoms in total. The van der Waals surface area contributed by atoms with Gasteiger partial charge in [-0.05, 0) is 49.7 Å². The second kappa shape index (κ2) is 11.3. The number of pyridine rings is 1. The fraction of sp³-hybridized carbons (Fsp3) is 0.304. The van der Waals surface area contributed by atoms with E-state index in [1.807, 2.05) is 69.3 Å². The lowest BCUT2D eigenvalue weighted by Crippen LogP contribution is -2.21. The average Bonchev–Trinajstić information content (AvgIpc) is 3.25. The number of hydrogen-bond acceptors (Lipinski definition) is 4. The van der Waals surface area contributed by atoms with Crippen LogP contribution < -0.4 is 10.6 Å². The third-order valence-corrected chi connectivity index (χ3v) is 4.75. The van der Waals surface area contributed by atoms with E-state index in [9.17, 15) is 0 Å². The summed E-state index contributed by atoms with van der Waals surface area (Å²) in [4.78, 5) is 4.31. The van der Waals surface area contributed by atoms with Gasteiger partial charge in [0.1, 0.15) is 6.07 Å². The van der Waals surface area contributed by atoms with Gasteiger partial charge in [0.25, 0.3) is 0 Å². The van der Waals surface area contributed by atoms with Gasteiger partial charge in [0.15, 0.2) is 0 Å². The van der Waals surface area contributed by atoms with Gasteiger partial charge in [0, 0.05) is 34.9 Å². The number of fused-ring (bicyclic) bond motifs is 1. The fourth-order valence-electron chi connectivity index (χ4n) is 2.84. The number of benzene rings is 2. The van der Waals surface area contributed by atoms with E-state index >= 15 is 0 Å². The summed E-state index contributed by atoms with van der Waals surface area (Å²) in [6.45, 7) is 8.08. The number of hydrogen-bond donors (Lipinski definition) is 2. The van der Waals surface area contributed by atoms with E-state index in [2.05, 4.69) is 21.7 Å². The quantitative estimate of drug-likeness (QED) is 0.597. The van der Waals surface area contributed by atoms with Gasteiger partial charge in [-0.3, -0.25) is 4.98 Å². The number of nitrogens with zero attached hydrogens (tertiary/aromatic N) is 2. The van der Waals surface area contributed by atoms with E-state index in [0.717, 1.165) is 46.7 Å². The molecule has 1 aromatic heterocycles. The molecule has 0 saturated carbocycles. The Hall–Kier alpha value is -2.61. The van der Waals surface area contributed by atoms with Crippen LogP contribution in [0.25, 0.3) is 10.9 Å². The maximum absolute atomic E-state index is 8.83. The van der Waals surface area contributed by atoms with Gasteiger partial charge in [-0.1, -0.05) is 49.7 Å². The van der Waals surface area contributed by atoms with E-state index in [1.54, 1.807) is 6.20 Å². The molecule has 5 heteroatoms. The highest BCUT2D eigenvalue weighted by atomic mass is 35.5. The Morgan fingerprint density at radius 2 is 1.96 bits per heavy atom. The van der Waals surface area contributed by atoms with Crippen LogP contribution in [0.15, 0.2) is 54.7 Å². The van der Waals surface area contributed by atoms with Gasteiger partial charge in [-0.25, -0.2) is 0 Å². The highest BCUT2D eigenvalue weighted by molar-refractivity contribution is 6.31. The first-order valence-corrected chi connectivity index (χ1v) is 10.0. The van der Waals surface area contributed by atoms with E-state index in [0.29, 0.717) is 11.6 Å². The van der Waals surface area contributed by atoms with Gasteiger partial charge in [-0.15, -0.1) is 0 Å². The second-order valence-corrected chi connectivity index (χ2v) is 6.73. The van der Waals surface area contributed by atoms with Crippen LogP contribution in [-0.4, -0.2) is 24.1 Å². The van der Waals surface area contributed by atoms with Crippen LogP contribution in [0, 0.1) is 18.3 Å². The minimum atomic E-state index is 0.501. The zero-order chi connectivity index (χ0) is 20.4. The molecule has 146 valence electrons. The van der Waals surface area contributed by atoms with Crippen molar-refractivity contribution in [3.05, 3.63) is 70.9 Å². The Morgan fingerprint density at radius 3 is 2.57 bits per heavy atom. The summed E-state index contributed by atoms with van der Waals surface area (Å²) in [6, 6.07) is 18.3. The van der Waals surface area contributed by atoms with Crippen molar-refractivity contribution in [3.8, 4) is 6.07 Å². The van der Waals surface area contributed by atoms with Crippen molar-refractivity contribution in [1.82, 2.24) is 10.3 Å². The standard InChI is InChI=1S/C14H14N4.C7H7Cl.C2H6/c15-7-10-5-11-1-2-12(6-14(11)17-8-10)18-13-3-4-16-9-13;1-6-4-2-3-5-7(6)8;1-2/h1-2,5-6,8,13,16,18H,3-4,9H2;2-5H,1H3;1-2H3. The Bertz CT molecular complexity index is 906. The predicted molar refractivity (Wildman–Crippen MR) is 119 cm³/mol. The van der Waals surface area contributed by atoms with Gasteiger partial charge >= 0.3 is 0 Å². The van der Waals surface area contributed by atoms with Crippen LogP contribution in [0.2, 0.25) is 5.02 Å². The maximum Gasteiger partial charge on any atom is 0.101 e. The number of anilines is 1. The number of nitriles is 1. The molecular formula is C23H27ClN4. The molecule has 0 amide bonds. The molecule has 0 spiro atoms. The van der Waals surface area contributed by atoms with E-state index in [1.165, 1.54) is 0 Å². The van der Waals surface area contributed by atoms with Crippen molar-refractivity contribution in [3.63, 3.8) is 0 Å². The molecule has 3 aromatic rings. The Labute approximate surface area is 172 Å². The average molecular weight is 395 g/mol. The van der Waals surface area contributed by atoms with Crippen molar-refractivity contribution < 1.29 is 0 Å². The lowest BCUT2D eigenvalue weighted by atomic mass is 10.1. The van der Waals surface area contributed by atoms with Crippen molar-refractivity contribution in [2.24, 2.45) is 0 Å². The zero-order valence-electron chi connectivity index (χ0n) is 16.7. The highest BCUT2D eigenvalue weighted by Crippen LogP contribution is 2.19. The van der Waals surface area contributed by atoms with Crippen LogP contribution in [0.4, 0.5) is 5.69 Å². The molecule has 1 atom stereocenters. The number of halogens is 1. The number of aromatic nitrogens is 1. The molecule has 28 heavy (non-hydrogen) atoms. The monoisotopic (exact) mass is 394 g/mol. The van der Waals surface area contributed by atoms with Crippen molar-refractivity contribution in [2.45, 2.75) is 33.2 Å². The lowest BCUT2D eigenvalue weighted by Gasteiger charge is -2.13. The minimum absolute atomic E-state index is 0.501. The summed E-state index contributed by atoms with van der Waals surface area (Å²) in [5, 5.41) is 17.5. The molecule has 1 saturated heterocycles. The highest BCUT2D eigenvalue weighted by Gasteiger charge is 2.13. The van der Waals surface area contributed by atoms with Crippen LogP contribution >= 0.6 is 11.6 Å². The zero-order valence-corrected chi connectivity index (χ0v) is 17.4. The molecule has 4 rings (SSSR count). The molecule has 0 aliphatic carbocycles. The molecule has 2 heterocycles. The first-order chi connectivity index (χ1) is 13.7. The molecule has 2 N–H and O–H groups in total. The van der Waals surface area contributed by atoms with Gasteiger partial charge in [0.2, 0.25) is 0 Å². The summed E-state index contributed by atoms with van der Waals surface area (Å²) in [5.74, 6) is 0. The van der Waals surface area contributed by atoms with Crippen molar-refractivity contribution in [1.29, 1.82) is 5.26 Å². The fourth-order valence-corrected chi connectivity index (χ4v) is 2.97. The lowest BCUT2D eigenvalue weighted by molar-refractivity contribution is 0.793. The third kappa shape index (κ3) is 6.23. The molecule has 1 aliphatic heterocycles. The van der Waals surface area contributed by atoms with Crippen LogP contribution in [0.5, 0.6) is 0 Å². The molecule has 0 radical (unpaired) electrons. The van der Waals surface area contributed by atoms with E-state index < -0.39 is 0 Å². The Morgan fingerprint density at radius 1 is 1.18 bits per heavy atom. The first-order valence-electron chi connectivity index (χ1n) is 9.64. The molecule has 0 bridgehead atoms. The van der Waals surface area contributed by atoms with Crippen LogP contribution in [0.1, 0.15) is 31.4 Å². The third-order valence-electron chi connectivity index (χ3n) is 4.32. The SMILES string of the molecule is CC.Cc1ccccc1Cl.N#Cc1cnc2cc(NC3CCNC3)ccc2c1. The van der Waals surface area contributed by atoms with Gasteiger partial charge in [0.05, 0.1) is 11.1 Å². The molecular weight excluding hydrogens is 368 g/mol. The van der Waals surface area contributed by atoms with Crippen LogP contribution in [0.3, 0.4) is 0 Å². The smallest absolute Gasteiger partial charge is 0.101 e. The second-order valence-electron chi connectivity index (χ2n) is 6.33. The summed E-state index contributed by atoms with van der Waals surface area (Å²) in [6.07, 6.45) is 2.77. The van der Waals surface area contributed by atoms with Gasteiger partial charge in [-0.2, -0.15) is 5.26 Å². The number of nitrogens with one attached hydrogen (secondary N) is 2. The Balaban J connectivity index is 0.000000236. The summed E-state index contributed by atoms with van der Waals surface area (Å²) >= 11 is 5.71. The Kier molecular flexibility index (Phi) is 8.74. The molecule has 1 fully saturated rings. The number of rotatable bonds is 2. The normalized spacial score (nSPS) is 14.9. The summed E-state index contributed by atoms with van der Waals surface area (Å²) in [7, 11) is 0. The van der Waals surface area contributed by atoms with Crippen LogP contribution in [-0.2, 0) is 0 Å². The van der Waals surface area contributed by atoms with E-state index in [-0.39, 0.29) is 0 Å². The molecule has 1 aliphatic rings. The summed E-state index contributed by atoms with van der Waals surface area (Å²) in [5.41, 5.74) is 3.75. The number of aryl methyl sites for hydroxylation is 1. The van der Waals surface area contributed by atoms with Crippen molar-refractivity contribution in [2.75, 3.05) is 18.4 Å². The summed E-state index contributed by atoms with van der Waals surface area (Å²) < 4.78 is 0. The predicted octanol–water partition coefficient (Wildman–Crippen LogP) is 5.55.